The molecule has 0 aliphatic heterocycles. The van der Waals surface area contributed by atoms with E-state index in [2.05, 4.69) is 10.4 Å². The van der Waals surface area contributed by atoms with Gasteiger partial charge in [0, 0.05) is 17.2 Å². The van der Waals surface area contributed by atoms with Gasteiger partial charge in [-0.05, 0) is 37.8 Å². The van der Waals surface area contributed by atoms with Gasteiger partial charge in [-0.15, -0.1) is 11.3 Å². The maximum atomic E-state index is 14.4. The van der Waals surface area contributed by atoms with E-state index >= 15 is 0 Å². The number of halogens is 1. The Bertz CT molecular complexity index is 1200. The van der Waals surface area contributed by atoms with Crippen molar-refractivity contribution in [3.8, 4) is 5.69 Å². The number of hydrogen-bond acceptors (Lipinski definition) is 6. The van der Waals surface area contributed by atoms with Crippen LogP contribution in [0.1, 0.15) is 49.5 Å². The van der Waals surface area contributed by atoms with Gasteiger partial charge in [0.25, 0.3) is 5.56 Å². The summed E-state index contributed by atoms with van der Waals surface area (Å²) in [6.07, 6.45) is 4.69. The van der Waals surface area contributed by atoms with Gasteiger partial charge in [0.1, 0.15) is 16.5 Å². The first-order chi connectivity index (χ1) is 15.0. The number of fused-ring (bicyclic) bond motifs is 1. The second-order valence-corrected chi connectivity index (χ2v) is 8.37. The number of aromatic nitrogens is 2. The van der Waals surface area contributed by atoms with Crippen LogP contribution in [0, 0.1) is 11.7 Å². The lowest BCUT2D eigenvalue weighted by Crippen LogP contribution is -2.26. The normalized spacial score (nSPS) is 14.1. The molecule has 162 valence electrons. The van der Waals surface area contributed by atoms with E-state index in [-0.39, 0.29) is 34.7 Å². The number of para-hydroxylation sites is 1. The summed E-state index contributed by atoms with van der Waals surface area (Å²) >= 11 is 1.13. The zero-order valence-electron chi connectivity index (χ0n) is 17.0. The second-order valence-electron chi connectivity index (χ2n) is 7.49. The van der Waals surface area contributed by atoms with E-state index in [9.17, 15) is 18.8 Å². The van der Waals surface area contributed by atoms with Gasteiger partial charge >= 0.3 is 5.97 Å². The Kier molecular flexibility index (Phi) is 6.13. The summed E-state index contributed by atoms with van der Waals surface area (Å²) in [6, 6.07) is 5.66. The molecule has 9 heteroatoms. The molecule has 0 spiro atoms. The first-order valence-electron chi connectivity index (χ1n) is 10.3. The Morgan fingerprint density at radius 1 is 1.29 bits per heavy atom. The lowest BCUT2D eigenvalue weighted by molar-refractivity contribution is -0.117. The zero-order valence-corrected chi connectivity index (χ0v) is 17.8. The quantitative estimate of drug-likeness (QED) is 0.574. The van der Waals surface area contributed by atoms with Gasteiger partial charge in [-0.1, -0.05) is 25.0 Å². The Morgan fingerprint density at radius 3 is 2.74 bits per heavy atom. The third-order valence-corrected chi connectivity index (χ3v) is 6.30. The summed E-state index contributed by atoms with van der Waals surface area (Å²) in [5, 5.41) is 9.23. The van der Waals surface area contributed by atoms with E-state index in [4.69, 9.17) is 4.74 Å². The van der Waals surface area contributed by atoms with Crippen LogP contribution in [0.3, 0.4) is 0 Å². The van der Waals surface area contributed by atoms with Crippen molar-refractivity contribution in [2.24, 2.45) is 5.92 Å². The Labute approximate surface area is 181 Å². The van der Waals surface area contributed by atoms with Crippen molar-refractivity contribution < 1.29 is 18.7 Å². The molecule has 1 fully saturated rings. The highest BCUT2D eigenvalue weighted by Gasteiger charge is 2.25. The highest BCUT2D eigenvalue weighted by Crippen LogP contribution is 2.32. The number of hydrogen-bond donors (Lipinski definition) is 1. The number of thiophene rings is 1. The summed E-state index contributed by atoms with van der Waals surface area (Å²) in [6.45, 7) is 1.78. The Hall–Kier alpha value is -3.07. The molecule has 0 bridgehead atoms. The van der Waals surface area contributed by atoms with E-state index in [1.54, 1.807) is 18.4 Å². The van der Waals surface area contributed by atoms with E-state index in [1.165, 1.54) is 18.2 Å². The van der Waals surface area contributed by atoms with Gasteiger partial charge < -0.3 is 10.1 Å². The predicted molar refractivity (Wildman–Crippen MR) is 116 cm³/mol. The maximum absolute atomic E-state index is 14.4. The molecule has 1 amide bonds. The lowest BCUT2D eigenvalue weighted by Gasteiger charge is -2.11. The third-order valence-electron chi connectivity index (χ3n) is 5.40. The number of rotatable bonds is 6. The number of nitrogens with zero attached hydrogens (tertiary/aromatic N) is 2. The molecule has 1 saturated carbocycles. The number of ether oxygens (including phenoxy) is 1. The molecule has 0 radical (unpaired) electrons. The average molecular weight is 444 g/mol. The van der Waals surface area contributed by atoms with E-state index in [0.717, 1.165) is 41.7 Å². The Morgan fingerprint density at radius 2 is 2.03 bits per heavy atom. The number of benzene rings is 1. The molecule has 1 aliphatic rings. The summed E-state index contributed by atoms with van der Waals surface area (Å²) in [4.78, 5) is 38.4. The number of carbonyl (C=O) groups is 2. The van der Waals surface area contributed by atoms with Crippen molar-refractivity contribution in [3.63, 3.8) is 0 Å². The van der Waals surface area contributed by atoms with Gasteiger partial charge in [-0.2, -0.15) is 9.78 Å². The molecule has 1 N–H and O–H groups in total. The van der Waals surface area contributed by atoms with Crippen LogP contribution in [-0.2, 0) is 9.53 Å². The number of anilines is 1. The molecule has 7 nitrogen and oxygen atoms in total. The topological polar surface area (TPSA) is 90.3 Å². The van der Waals surface area contributed by atoms with Crippen molar-refractivity contribution in [1.82, 2.24) is 9.78 Å². The first kappa shape index (κ1) is 21.2. The van der Waals surface area contributed by atoms with Crippen molar-refractivity contribution in [2.75, 3.05) is 11.9 Å². The van der Waals surface area contributed by atoms with Crippen molar-refractivity contribution in [2.45, 2.75) is 39.0 Å². The molecule has 3 aromatic rings. The summed E-state index contributed by atoms with van der Waals surface area (Å²) < 4.78 is 20.4. The summed E-state index contributed by atoms with van der Waals surface area (Å²) in [5.74, 6) is -1.22. The molecule has 2 aromatic heterocycles. The van der Waals surface area contributed by atoms with Crippen LogP contribution in [0.15, 0.2) is 34.4 Å². The standard InChI is InChI=1S/C22H22FN3O4S/c1-2-30-22(29)19-14-12-31-20(24-17(27)11-13-7-3-4-8-13)18(14)21(28)26(25-19)16-10-6-5-9-15(16)23/h5-6,9-10,12-13H,2-4,7-8,11H2,1H3,(H,24,27). The highest BCUT2D eigenvalue weighted by atomic mass is 32.1. The van der Waals surface area contributed by atoms with E-state index in [1.807, 2.05) is 0 Å². The molecule has 2 heterocycles. The van der Waals surface area contributed by atoms with Crippen LogP contribution in [0.2, 0.25) is 0 Å². The van der Waals surface area contributed by atoms with Crippen molar-refractivity contribution in [3.05, 3.63) is 51.5 Å². The number of carbonyl (C=O) groups excluding carboxylic acids is 2. The highest BCUT2D eigenvalue weighted by molar-refractivity contribution is 7.16. The Balaban J connectivity index is 1.82. The molecule has 1 aliphatic carbocycles. The average Bonchev–Trinajstić information content (AvgIpc) is 3.40. The maximum Gasteiger partial charge on any atom is 0.359 e. The number of nitrogens with one attached hydrogen (secondary N) is 1. The second kappa shape index (κ2) is 8.97. The fourth-order valence-electron chi connectivity index (χ4n) is 3.93. The van der Waals surface area contributed by atoms with E-state index < -0.39 is 17.3 Å². The lowest BCUT2D eigenvalue weighted by atomic mass is 10.0. The predicted octanol–water partition coefficient (Wildman–Crippen LogP) is 4.28. The number of esters is 1. The molecule has 4 rings (SSSR count). The van der Waals surface area contributed by atoms with Gasteiger partial charge in [0.2, 0.25) is 5.91 Å². The molecule has 0 saturated heterocycles. The minimum Gasteiger partial charge on any atom is -0.461 e. The SMILES string of the molecule is CCOC(=O)c1nn(-c2ccccc2F)c(=O)c2c(NC(=O)CC3CCCC3)scc12. The summed E-state index contributed by atoms with van der Waals surface area (Å²) in [7, 11) is 0. The molecule has 0 unspecified atom stereocenters. The van der Waals surface area contributed by atoms with Gasteiger partial charge in [0.05, 0.1) is 12.0 Å². The van der Waals surface area contributed by atoms with Gasteiger partial charge in [0.15, 0.2) is 5.69 Å². The van der Waals surface area contributed by atoms with E-state index in [0.29, 0.717) is 17.3 Å². The molecular formula is C22H22FN3O4S. The fourth-order valence-corrected chi connectivity index (χ4v) is 4.89. The zero-order chi connectivity index (χ0) is 22.0. The van der Waals surface area contributed by atoms with Crippen LogP contribution in [-0.4, -0.2) is 28.3 Å². The van der Waals surface area contributed by atoms with Gasteiger partial charge in [-0.3, -0.25) is 9.59 Å². The minimum absolute atomic E-state index is 0.0885. The van der Waals surface area contributed by atoms with Crippen LogP contribution in [0.5, 0.6) is 0 Å². The first-order valence-corrected chi connectivity index (χ1v) is 11.1. The third kappa shape index (κ3) is 4.23. The largest absolute Gasteiger partial charge is 0.461 e. The molecular weight excluding hydrogens is 421 g/mol. The summed E-state index contributed by atoms with van der Waals surface area (Å²) in [5.41, 5.74) is -0.813. The monoisotopic (exact) mass is 443 g/mol. The molecule has 0 atom stereocenters. The minimum atomic E-state index is -0.723. The smallest absolute Gasteiger partial charge is 0.359 e. The van der Waals surface area contributed by atoms with Crippen LogP contribution in [0.25, 0.3) is 16.5 Å². The molecule has 1 aromatic carbocycles. The van der Waals surface area contributed by atoms with Crippen LogP contribution >= 0.6 is 11.3 Å². The number of amides is 1. The van der Waals surface area contributed by atoms with Crippen molar-refractivity contribution in [1.29, 1.82) is 0 Å². The van der Waals surface area contributed by atoms with Gasteiger partial charge in [-0.25, -0.2) is 9.18 Å². The molecule has 31 heavy (non-hydrogen) atoms. The van der Waals surface area contributed by atoms with Crippen LogP contribution in [0.4, 0.5) is 9.39 Å². The van der Waals surface area contributed by atoms with Crippen LogP contribution < -0.4 is 10.9 Å². The van der Waals surface area contributed by atoms with Crippen molar-refractivity contribution >= 4 is 39.0 Å². The fraction of sp³-hybridized carbons (Fsp3) is 0.364.